The summed E-state index contributed by atoms with van der Waals surface area (Å²) in [6.45, 7) is 4.89. The van der Waals surface area contributed by atoms with E-state index < -0.39 is 0 Å². The molecule has 2 aromatic carbocycles. The molecule has 1 saturated heterocycles. The molecular formula is C24H24N4O2. The van der Waals surface area contributed by atoms with Crippen LogP contribution in [-0.4, -0.2) is 27.6 Å². The Hall–Kier alpha value is -3.41. The largest absolute Gasteiger partial charge is 0.361 e. The highest BCUT2D eigenvalue weighted by atomic mass is 16.5. The van der Waals surface area contributed by atoms with Gasteiger partial charge in [-0.05, 0) is 35.2 Å². The molecule has 5 rings (SSSR count). The zero-order chi connectivity index (χ0) is 20.7. The van der Waals surface area contributed by atoms with Crippen LogP contribution in [0.2, 0.25) is 0 Å². The van der Waals surface area contributed by atoms with Crippen molar-refractivity contribution in [2.75, 3.05) is 11.4 Å². The minimum absolute atomic E-state index is 0.0549. The second kappa shape index (κ2) is 7.44. The lowest BCUT2D eigenvalue weighted by Crippen LogP contribution is -2.24. The summed E-state index contributed by atoms with van der Waals surface area (Å²) in [5.41, 5.74) is 4.38. The number of aromatic nitrogens is 3. The minimum atomic E-state index is -0.0549. The molecule has 152 valence electrons. The maximum atomic E-state index is 12.7. The van der Waals surface area contributed by atoms with Gasteiger partial charge in [0.2, 0.25) is 11.8 Å². The van der Waals surface area contributed by atoms with Crippen molar-refractivity contribution in [3.63, 3.8) is 0 Å². The predicted octanol–water partition coefficient (Wildman–Crippen LogP) is 4.79. The van der Waals surface area contributed by atoms with E-state index in [1.54, 1.807) is 0 Å². The summed E-state index contributed by atoms with van der Waals surface area (Å²) >= 11 is 0. The van der Waals surface area contributed by atoms with Crippen molar-refractivity contribution in [2.24, 2.45) is 0 Å². The van der Waals surface area contributed by atoms with Gasteiger partial charge in [-0.3, -0.25) is 4.79 Å². The van der Waals surface area contributed by atoms with Crippen LogP contribution in [-0.2, 0) is 11.2 Å². The maximum Gasteiger partial charge on any atom is 0.231 e. The number of carbonyl (C=O) groups is 1. The van der Waals surface area contributed by atoms with Crippen LogP contribution < -0.4 is 4.90 Å². The fourth-order valence-corrected chi connectivity index (χ4v) is 4.13. The molecule has 1 N–H and O–H groups in total. The average Bonchev–Trinajstić information content (AvgIpc) is 3.47. The van der Waals surface area contributed by atoms with Gasteiger partial charge >= 0.3 is 0 Å². The number of hydrogen-bond acceptors (Lipinski definition) is 4. The first-order valence-corrected chi connectivity index (χ1v) is 10.4. The topological polar surface area (TPSA) is 75.0 Å². The Balaban J connectivity index is 1.33. The van der Waals surface area contributed by atoms with Gasteiger partial charge in [0, 0.05) is 41.7 Å². The van der Waals surface area contributed by atoms with E-state index in [1.807, 2.05) is 41.4 Å². The molecule has 0 aliphatic carbocycles. The maximum absolute atomic E-state index is 12.7. The standard InChI is InChI=1S/C24H24N4O2/c1-15(2)16-6-5-7-19(10-16)28-14-18(12-23(28)29)24-26-22(30-27-24)11-17-13-25-21-9-4-3-8-20(17)21/h3-10,13,15,18,25H,11-12,14H2,1-2H3. The fourth-order valence-electron chi connectivity index (χ4n) is 4.13. The Bertz CT molecular complexity index is 1210. The number of benzene rings is 2. The van der Waals surface area contributed by atoms with Gasteiger partial charge in [-0.15, -0.1) is 0 Å². The second-order valence-corrected chi connectivity index (χ2v) is 8.24. The quantitative estimate of drug-likeness (QED) is 0.523. The van der Waals surface area contributed by atoms with Crippen LogP contribution in [0, 0.1) is 0 Å². The summed E-state index contributed by atoms with van der Waals surface area (Å²) in [6, 6.07) is 16.4. The first-order chi connectivity index (χ1) is 14.6. The number of nitrogens with zero attached hydrogens (tertiary/aromatic N) is 3. The van der Waals surface area contributed by atoms with Crippen LogP contribution in [0.3, 0.4) is 0 Å². The Morgan fingerprint density at radius 2 is 2.07 bits per heavy atom. The number of anilines is 1. The van der Waals surface area contributed by atoms with Gasteiger partial charge in [-0.1, -0.05) is 49.3 Å². The van der Waals surface area contributed by atoms with Gasteiger partial charge in [-0.25, -0.2) is 0 Å². The van der Waals surface area contributed by atoms with Gasteiger partial charge in [0.1, 0.15) is 0 Å². The van der Waals surface area contributed by atoms with Crippen LogP contribution in [0.5, 0.6) is 0 Å². The van der Waals surface area contributed by atoms with Crippen LogP contribution in [0.15, 0.2) is 59.3 Å². The lowest BCUT2D eigenvalue weighted by Gasteiger charge is -2.18. The number of amides is 1. The van der Waals surface area contributed by atoms with E-state index in [-0.39, 0.29) is 11.8 Å². The SMILES string of the molecule is CC(C)c1cccc(N2CC(c3noc(Cc4c[nH]c5ccccc45)n3)CC2=O)c1. The van der Waals surface area contributed by atoms with Crippen molar-refractivity contribution in [3.05, 3.63) is 77.6 Å². The third-order valence-corrected chi connectivity index (χ3v) is 5.84. The van der Waals surface area contributed by atoms with Crippen molar-refractivity contribution < 1.29 is 9.32 Å². The number of rotatable bonds is 5. The fraction of sp³-hybridized carbons (Fsp3) is 0.292. The molecule has 1 atom stereocenters. The predicted molar refractivity (Wildman–Crippen MR) is 116 cm³/mol. The zero-order valence-corrected chi connectivity index (χ0v) is 17.1. The van der Waals surface area contributed by atoms with Crippen molar-refractivity contribution in [1.29, 1.82) is 0 Å². The van der Waals surface area contributed by atoms with E-state index >= 15 is 0 Å². The Morgan fingerprint density at radius 1 is 1.20 bits per heavy atom. The third-order valence-electron chi connectivity index (χ3n) is 5.84. The van der Waals surface area contributed by atoms with Gasteiger partial charge in [0.25, 0.3) is 0 Å². The van der Waals surface area contributed by atoms with E-state index in [0.29, 0.717) is 37.0 Å². The molecule has 30 heavy (non-hydrogen) atoms. The number of H-pyrrole nitrogens is 1. The molecule has 1 aliphatic rings. The molecule has 1 amide bonds. The Kier molecular flexibility index (Phi) is 4.62. The van der Waals surface area contributed by atoms with E-state index in [9.17, 15) is 4.79 Å². The lowest BCUT2D eigenvalue weighted by atomic mass is 10.0. The summed E-state index contributed by atoms with van der Waals surface area (Å²) < 4.78 is 5.52. The molecule has 6 heteroatoms. The molecular weight excluding hydrogens is 376 g/mol. The normalized spacial score (nSPS) is 16.8. The van der Waals surface area contributed by atoms with Crippen molar-refractivity contribution in [1.82, 2.24) is 15.1 Å². The van der Waals surface area contributed by atoms with Crippen LogP contribution in [0.4, 0.5) is 5.69 Å². The first-order valence-electron chi connectivity index (χ1n) is 10.4. The van der Waals surface area contributed by atoms with E-state index in [2.05, 4.69) is 47.2 Å². The molecule has 0 bridgehead atoms. The Morgan fingerprint density at radius 3 is 2.93 bits per heavy atom. The summed E-state index contributed by atoms with van der Waals surface area (Å²) in [4.78, 5) is 22.4. The van der Waals surface area contributed by atoms with Gasteiger partial charge < -0.3 is 14.4 Å². The molecule has 4 aromatic rings. The highest BCUT2D eigenvalue weighted by Crippen LogP contribution is 2.32. The van der Waals surface area contributed by atoms with Gasteiger partial charge in [-0.2, -0.15) is 4.98 Å². The zero-order valence-electron chi connectivity index (χ0n) is 17.1. The number of carbonyl (C=O) groups excluding carboxylic acids is 1. The number of aromatic amines is 1. The summed E-state index contributed by atoms with van der Waals surface area (Å²) in [7, 11) is 0. The molecule has 0 saturated carbocycles. The third kappa shape index (κ3) is 3.38. The molecule has 2 aromatic heterocycles. The second-order valence-electron chi connectivity index (χ2n) is 8.24. The van der Waals surface area contributed by atoms with Crippen molar-refractivity contribution >= 4 is 22.5 Å². The molecule has 1 aliphatic heterocycles. The molecule has 1 fully saturated rings. The van der Waals surface area contributed by atoms with E-state index in [1.165, 1.54) is 5.56 Å². The van der Waals surface area contributed by atoms with Crippen LogP contribution in [0.25, 0.3) is 10.9 Å². The summed E-state index contributed by atoms with van der Waals surface area (Å²) in [5.74, 6) is 1.65. The summed E-state index contributed by atoms with van der Waals surface area (Å²) in [5, 5.41) is 5.35. The number of fused-ring (bicyclic) bond motifs is 1. The number of nitrogens with one attached hydrogen (secondary N) is 1. The van der Waals surface area contributed by atoms with Crippen LogP contribution >= 0.6 is 0 Å². The van der Waals surface area contributed by atoms with Gasteiger partial charge in [0.05, 0.1) is 6.42 Å². The Labute approximate surface area is 174 Å². The molecule has 6 nitrogen and oxygen atoms in total. The summed E-state index contributed by atoms with van der Waals surface area (Å²) in [6.07, 6.45) is 2.95. The highest BCUT2D eigenvalue weighted by molar-refractivity contribution is 5.96. The molecule has 1 unspecified atom stereocenters. The first kappa shape index (κ1) is 18.6. The van der Waals surface area contributed by atoms with Crippen LogP contribution in [0.1, 0.15) is 54.9 Å². The number of hydrogen-bond donors (Lipinski definition) is 1. The van der Waals surface area contributed by atoms with E-state index in [0.717, 1.165) is 22.2 Å². The van der Waals surface area contributed by atoms with Crippen molar-refractivity contribution in [3.8, 4) is 0 Å². The minimum Gasteiger partial charge on any atom is -0.361 e. The highest BCUT2D eigenvalue weighted by Gasteiger charge is 2.34. The van der Waals surface area contributed by atoms with E-state index in [4.69, 9.17) is 4.52 Å². The molecule has 0 radical (unpaired) electrons. The smallest absolute Gasteiger partial charge is 0.231 e. The monoisotopic (exact) mass is 400 g/mol. The number of para-hydroxylation sites is 1. The average molecular weight is 400 g/mol. The van der Waals surface area contributed by atoms with Gasteiger partial charge in [0.15, 0.2) is 5.82 Å². The molecule has 3 heterocycles. The lowest BCUT2D eigenvalue weighted by molar-refractivity contribution is -0.117. The molecule has 0 spiro atoms. The van der Waals surface area contributed by atoms with Crippen molar-refractivity contribution in [2.45, 2.75) is 38.5 Å².